The fourth-order valence-corrected chi connectivity index (χ4v) is 4.01. The number of carbonyl (C=O) groups excluding carboxylic acids is 1. The lowest BCUT2D eigenvalue weighted by atomic mass is 10.1. The van der Waals surface area contributed by atoms with Crippen LogP contribution in [0.25, 0.3) is 10.8 Å². The van der Waals surface area contributed by atoms with Crippen molar-refractivity contribution in [3.05, 3.63) is 64.6 Å². The van der Waals surface area contributed by atoms with Gasteiger partial charge in [-0.05, 0) is 63.2 Å². The van der Waals surface area contributed by atoms with E-state index >= 15 is 0 Å². The van der Waals surface area contributed by atoms with E-state index in [0.29, 0.717) is 30.0 Å². The molecular formula is C25H30N4O4. The van der Waals surface area contributed by atoms with Crippen LogP contribution in [0.1, 0.15) is 25.5 Å². The summed E-state index contributed by atoms with van der Waals surface area (Å²) in [5, 5.41) is 8.82. The smallest absolute Gasteiger partial charge is 0.274 e. The number of hydrogen-bond acceptors (Lipinski definition) is 6. The van der Waals surface area contributed by atoms with Crippen LogP contribution >= 0.6 is 0 Å². The molecule has 1 aliphatic rings. The average molecular weight is 451 g/mol. The minimum Gasteiger partial charge on any atom is -0.494 e. The Hall–Kier alpha value is -3.39. The Bertz CT molecular complexity index is 1140. The van der Waals surface area contributed by atoms with Crippen LogP contribution in [0.2, 0.25) is 0 Å². The van der Waals surface area contributed by atoms with E-state index in [0.717, 1.165) is 30.8 Å². The molecule has 0 unspecified atom stereocenters. The lowest BCUT2D eigenvalue weighted by molar-refractivity contribution is -0.123. The Labute approximate surface area is 193 Å². The van der Waals surface area contributed by atoms with Gasteiger partial charge in [0.1, 0.15) is 11.5 Å². The molecule has 0 atom stereocenters. The van der Waals surface area contributed by atoms with Gasteiger partial charge in [0.2, 0.25) is 0 Å². The summed E-state index contributed by atoms with van der Waals surface area (Å²) in [6, 6.07) is 14.5. The van der Waals surface area contributed by atoms with Gasteiger partial charge in [0.15, 0.2) is 6.61 Å². The molecule has 0 aliphatic carbocycles. The number of aromatic nitrogens is 2. The number of ether oxygens (including phenoxy) is 2. The topological polar surface area (TPSA) is 85.7 Å². The predicted molar refractivity (Wildman–Crippen MR) is 127 cm³/mol. The van der Waals surface area contributed by atoms with E-state index in [1.165, 1.54) is 17.5 Å². The highest BCUT2D eigenvalue weighted by molar-refractivity contribution is 5.84. The number of carbonyl (C=O) groups is 1. The molecule has 1 N–H and O–H groups in total. The van der Waals surface area contributed by atoms with Gasteiger partial charge in [0.05, 0.1) is 30.8 Å². The van der Waals surface area contributed by atoms with Crippen LogP contribution in [0.5, 0.6) is 11.5 Å². The molecule has 2 aromatic carbocycles. The number of fused-ring (bicyclic) bond motifs is 1. The third kappa shape index (κ3) is 5.90. The summed E-state index contributed by atoms with van der Waals surface area (Å²) in [5.41, 5.74) is 0.569. The number of nitrogens with one attached hydrogen (secondary N) is 1. The van der Waals surface area contributed by atoms with Crippen LogP contribution in [0.3, 0.4) is 0 Å². The molecular weight excluding hydrogens is 420 g/mol. The summed E-state index contributed by atoms with van der Waals surface area (Å²) in [5.74, 6) is 1.09. The Morgan fingerprint density at radius 1 is 0.970 bits per heavy atom. The van der Waals surface area contributed by atoms with Crippen LogP contribution in [-0.4, -0.2) is 53.4 Å². The largest absolute Gasteiger partial charge is 0.494 e. The average Bonchev–Trinajstić information content (AvgIpc) is 3.36. The van der Waals surface area contributed by atoms with Crippen LogP contribution in [0.4, 0.5) is 0 Å². The van der Waals surface area contributed by atoms with Crippen molar-refractivity contribution >= 4 is 16.7 Å². The highest BCUT2D eigenvalue weighted by atomic mass is 16.5. The van der Waals surface area contributed by atoms with Gasteiger partial charge in [-0.25, -0.2) is 4.68 Å². The summed E-state index contributed by atoms with van der Waals surface area (Å²) in [4.78, 5) is 27.6. The highest BCUT2D eigenvalue weighted by Gasteiger charge is 2.15. The molecule has 0 bridgehead atoms. The summed E-state index contributed by atoms with van der Waals surface area (Å²) >= 11 is 0. The molecule has 1 aliphatic heterocycles. The zero-order valence-electron chi connectivity index (χ0n) is 19.0. The zero-order chi connectivity index (χ0) is 23.0. The first-order valence-electron chi connectivity index (χ1n) is 11.5. The van der Waals surface area contributed by atoms with E-state index in [2.05, 4.69) is 15.3 Å². The summed E-state index contributed by atoms with van der Waals surface area (Å²) in [7, 11) is 0. The van der Waals surface area contributed by atoms with E-state index in [9.17, 15) is 9.59 Å². The van der Waals surface area contributed by atoms with Crippen molar-refractivity contribution in [2.45, 2.75) is 32.9 Å². The SMILES string of the molecule is CCOc1ccc(OCC(=O)NCc2nn(CCN3CCCC3)c(=O)c3ccccc23)cc1. The lowest BCUT2D eigenvalue weighted by Crippen LogP contribution is -2.33. The van der Waals surface area contributed by atoms with Gasteiger partial charge in [-0.3, -0.25) is 9.59 Å². The molecule has 1 aromatic heterocycles. The fourth-order valence-electron chi connectivity index (χ4n) is 4.01. The molecule has 0 spiro atoms. The Morgan fingerprint density at radius 3 is 2.33 bits per heavy atom. The van der Waals surface area contributed by atoms with Crippen molar-refractivity contribution in [3.63, 3.8) is 0 Å². The second kappa shape index (κ2) is 11.0. The molecule has 2 heterocycles. The predicted octanol–water partition coefficient (Wildman–Crippen LogP) is 2.59. The van der Waals surface area contributed by atoms with E-state index in [1.807, 2.05) is 31.2 Å². The van der Waals surface area contributed by atoms with Gasteiger partial charge in [0.25, 0.3) is 11.5 Å². The van der Waals surface area contributed by atoms with Gasteiger partial charge in [0, 0.05) is 11.9 Å². The van der Waals surface area contributed by atoms with E-state index < -0.39 is 0 Å². The second-order valence-electron chi connectivity index (χ2n) is 8.04. The molecule has 8 nitrogen and oxygen atoms in total. The molecule has 1 saturated heterocycles. The maximum Gasteiger partial charge on any atom is 0.274 e. The van der Waals surface area contributed by atoms with Crippen molar-refractivity contribution in [2.24, 2.45) is 0 Å². The van der Waals surface area contributed by atoms with Gasteiger partial charge in [-0.1, -0.05) is 18.2 Å². The first kappa shape index (κ1) is 22.8. The normalized spacial score (nSPS) is 13.8. The fraction of sp³-hybridized carbons (Fsp3) is 0.400. The molecule has 0 radical (unpaired) electrons. The first-order valence-corrected chi connectivity index (χ1v) is 11.5. The standard InChI is InChI=1S/C25H30N4O4/c1-2-32-19-9-11-20(12-10-19)33-18-24(30)26-17-23-21-7-3-4-8-22(21)25(31)29(27-23)16-15-28-13-5-6-14-28/h3-4,7-12H,2,5-6,13-18H2,1H3,(H,26,30). The molecule has 33 heavy (non-hydrogen) atoms. The third-order valence-corrected chi connectivity index (χ3v) is 5.73. The molecule has 0 saturated carbocycles. The Kier molecular flexibility index (Phi) is 7.57. The first-order chi connectivity index (χ1) is 16.1. The second-order valence-corrected chi connectivity index (χ2v) is 8.04. The monoisotopic (exact) mass is 450 g/mol. The molecule has 8 heteroatoms. The van der Waals surface area contributed by atoms with Crippen molar-refractivity contribution < 1.29 is 14.3 Å². The summed E-state index contributed by atoms with van der Waals surface area (Å²) in [6.45, 7) is 6.09. The van der Waals surface area contributed by atoms with E-state index in [-0.39, 0.29) is 24.6 Å². The minimum atomic E-state index is -0.260. The van der Waals surface area contributed by atoms with Crippen LogP contribution in [-0.2, 0) is 17.9 Å². The van der Waals surface area contributed by atoms with Gasteiger partial charge in [-0.15, -0.1) is 0 Å². The van der Waals surface area contributed by atoms with Gasteiger partial charge < -0.3 is 19.7 Å². The molecule has 4 rings (SSSR count). The number of rotatable bonds is 10. The Balaban J connectivity index is 1.39. The third-order valence-electron chi connectivity index (χ3n) is 5.73. The molecule has 3 aromatic rings. The quantitative estimate of drug-likeness (QED) is 0.511. The molecule has 1 amide bonds. The number of hydrogen-bond donors (Lipinski definition) is 1. The number of benzene rings is 2. The van der Waals surface area contributed by atoms with Crippen molar-refractivity contribution in [1.29, 1.82) is 0 Å². The summed E-state index contributed by atoms with van der Waals surface area (Å²) in [6.07, 6.45) is 2.41. The maximum absolute atomic E-state index is 12.9. The summed E-state index contributed by atoms with van der Waals surface area (Å²) < 4.78 is 12.5. The molecule has 174 valence electrons. The highest BCUT2D eigenvalue weighted by Crippen LogP contribution is 2.17. The van der Waals surface area contributed by atoms with Gasteiger partial charge >= 0.3 is 0 Å². The van der Waals surface area contributed by atoms with Crippen LogP contribution in [0.15, 0.2) is 53.3 Å². The maximum atomic E-state index is 12.9. The number of likely N-dealkylation sites (tertiary alicyclic amines) is 1. The van der Waals surface area contributed by atoms with Crippen LogP contribution < -0.4 is 20.3 Å². The molecule has 1 fully saturated rings. The van der Waals surface area contributed by atoms with Gasteiger partial charge in [-0.2, -0.15) is 5.10 Å². The Morgan fingerprint density at radius 2 is 1.64 bits per heavy atom. The van der Waals surface area contributed by atoms with Crippen molar-refractivity contribution in [1.82, 2.24) is 20.0 Å². The lowest BCUT2D eigenvalue weighted by Gasteiger charge is -2.16. The minimum absolute atomic E-state index is 0.0984. The number of amides is 1. The van der Waals surface area contributed by atoms with E-state index in [4.69, 9.17) is 9.47 Å². The van der Waals surface area contributed by atoms with Crippen molar-refractivity contribution in [3.8, 4) is 11.5 Å². The zero-order valence-corrected chi connectivity index (χ0v) is 19.0. The van der Waals surface area contributed by atoms with Crippen LogP contribution in [0, 0.1) is 0 Å². The van der Waals surface area contributed by atoms with E-state index in [1.54, 1.807) is 24.3 Å². The van der Waals surface area contributed by atoms with Crippen molar-refractivity contribution in [2.75, 3.05) is 32.8 Å². The number of nitrogens with zero attached hydrogens (tertiary/aromatic N) is 3.